The summed E-state index contributed by atoms with van der Waals surface area (Å²) in [6, 6.07) is 9.02. The number of fused-ring (bicyclic) bond motifs is 1. The van der Waals surface area contributed by atoms with Gasteiger partial charge >= 0.3 is 0 Å². The van der Waals surface area contributed by atoms with E-state index in [1.54, 1.807) is 30.7 Å². The average Bonchev–Trinajstić information content (AvgIpc) is 2.90. The van der Waals surface area contributed by atoms with Crippen LogP contribution in [0.15, 0.2) is 41.4 Å². The van der Waals surface area contributed by atoms with Crippen LogP contribution in [0.1, 0.15) is 15.2 Å². The molecule has 3 rings (SSSR count). The molecular weight excluding hydrogens is 332 g/mol. The molecule has 1 unspecified atom stereocenters. The van der Waals surface area contributed by atoms with Crippen LogP contribution < -0.4 is 11.1 Å². The highest BCUT2D eigenvalue weighted by Gasteiger charge is 2.17. The molecule has 3 aromatic rings. The number of nitrogens with one attached hydrogen (secondary N) is 1. The monoisotopic (exact) mass is 346 g/mol. The van der Waals surface area contributed by atoms with E-state index in [9.17, 15) is 9.35 Å². The molecule has 0 aliphatic carbocycles. The van der Waals surface area contributed by atoms with Gasteiger partial charge in [-0.2, -0.15) is 5.10 Å². The summed E-state index contributed by atoms with van der Waals surface area (Å²) in [7, 11) is 0. The van der Waals surface area contributed by atoms with Crippen molar-refractivity contribution in [1.82, 2.24) is 15.5 Å². The van der Waals surface area contributed by atoms with Gasteiger partial charge in [-0.1, -0.05) is 12.1 Å². The Morgan fingerprint density at radius 2 is 2.09 bits per heavy atom. The number of carbonyl (C=O) groups is 1. The number of carbonyl (C=O) groups excluding carboxylic acids is 1. The largest absolute Gasteiger partial charge is 0.612 e. The quantitative estimate of drug-likeness (QED) is 0.703. The van der Waals surface area contributed by atoms with Crippen LogP contribution >= 0.6 is 11.3 Å². The van der Waals surface area contributed by atoms with Crippen molar-refractivity contribution in [2.24, 2.45) is 0 Å². The number of rotatable bonds is 4. The Labute approximate surface area is 139 Å². The van der Waals surface area contributed by atoms with Gasteiger partial charge in [0.2, 0.25) is 0 Å². The lowest BCUT2D eigenvalue weighted by Gasteiger charge is -2.07. The standard InChI is InChI=1S/C15H14N4O2S2/c1-23(21)10-4-2-9(3-5-10)8-17-14(20)13-12(16)11-6-7-18-19-15(11)22-13/h2-7H,8,16H2,1H3,(H,17,20). The third kappa shape index (κ3) is 3.29. The highest BCUT2D eigenvalue weighted by atomic mass is 32.2. The molecule has 23 heavy (non-hydrogen) atoms. The highest BCUT2D eigenvalue weighted by molar-refractivity contribution is 7.90. The van der Waals surface area contributed by atoms with Crippen molar-refractivity contribution in [3.8, 4) is 0 Å². The SMILES string of the molecule is C[S+]([O-])c1ccc(CNC(=O)c2sc3nnccc3c2N)cc1. The van der Waals surface area contributed by atoms with Crippen LogP contribution in [-0.4, -0.2) is 26.9 Å². The second-order valence-corrected chi connectivity index (χ2v) is 7.25. The maximum Gasteiger partial charge on any atom is 0.263 e. The van der Waals surface area contributed by atoms with Crippen molar-refractivity contribution in [2.75, 3.05) is 12.0 Å². The number of hydrogen-bond donors (Lipinski definition) is 2. The number of hydrogen-bond acceptors (Lipinski definition) is 6. The first kappa shape index (κ1) is 15.7. The molecule has 3 N–H and O–H groups in total. The average molecular weight is 346 g/mol. The van der Waals surface area contributed by atoms with Crippen LogP contribution in [0.4, 0.5) is 5.69 Å². The van der Waals surface area contributed by atoms with Gasteiger partial charge in [-0.25, -0.2) is 0 Å². The van der Waals surface area contributed by atoms with Crippen molar-refractivity contribution in [1.29, 1.82) is 0 Å². The molecule has 0 radical (unpaired) electrons. The van der Waals surface area contributed by atoms with Gasteiger partial charge in [-0.15, -0.1) is 16.4 Å². The molecule has 0 spiro atoms. The molecule has 0 saturated carbocycles. The lowest BCUT2D eigenvalue weighted by molar-refractivity contribution is 0.0956. The van der Waals surface area contributed by atoms with Crippen molar-refractivity contribution < 1.29 is 9.35 Å². The van der Waals surface area contributed by atoms with Gasteiger partial charge in [-0.3, -0.25) is 4.79 Å². The first-order valence-electron chi connectivity index (χ1n) is 6.76. The number of aromatic nitrogens is 2. The number of thiophene rings is 1. The fourth-order valence-electron chi connectivity index (χ4n) is 2.10. The Kier molecular flexibility index (Phi) is 4.46. The van der Waals surface area contributed by atoms with Crippen LogP contribution in [0.25, 0.3) is 10.2 Å². The van der Waals surface area contributed by atoms with Gasteiger partial charge in [0.1, 0.15) is 16.0 Å². The molecule has 0 saturated heterocycles. The second kappa shape index (κ2) is 6.53. The lowest BCUT2D eigenvalue weighted by Crippen LogP contribution is -2.22. The zero-order valence-electron chi connectivity index (χ0n) is 12.3. The summed E-state index contributed by atoms with van der Waals surface area (Å²) >= 11 is 0.216. The molecule has 8 heteroatoms. The van der Waals surface area contributed by atoms with E-state index >= 15 is 0 Å². The van der Waals surface area contributed by atoms with Crippen LogP contribution in [0.5, 0.6) is 0 Å². The molecule has 6 nitrogen and oxygen atoms in total. The number of nitrogen functional groups attached to an aromatic ring is 1. The maximum atomic E-state index is 12.3. The Hall–Kier alpha value is -2.16. The van der Waals surface area contributed by atoms with E-state index in [0.29, 0.717) is 21.9 Å². The first-order valence-corrected chi connectivity index (χ1v) is 9.14. The number of nitrogens with zero attached hydrogens (tertiary/aromatic N) is 2. The van der Waals surface area contributed by atoms with E-state index in [2.05, 4.69) is 15.5 Å². The first-order chi connectivity index (χ1) is 11.1. The normalized spacial score (nSPS) is 12.3. The van der Waals surface area contributed by atoms with Gasteiger partial charge in [-0.05, 0) is 34.9 Å². The lowest BCUT2D eigenvalue weighted by atomic mass is 10.2. The fourth-order valence-corrected chi connectivity index (χ4v) is 3.58. The highest BCUT2D eigenvalue weighted by Crippen LogP contribution is 2.31. The minimum atomic E-state index is -1.01. The summed E-state index contributed by atoms with van der Waals surface area (Å²) in [6.45, 7) is 0.370. The molecule has 118 valence electrons. The summed E-state index contributed by atoms with van der Waals surface area (Å²) in [5.41, 5.74) is 7.36. The predicted molar refractivity (Wildman–Crippen MR) is 91.8 cm³/mol. The molecule has 1 aromatic carbocycles. The molecule has 0 fully saturated rings. The second-order valence-electron chi connectivity index (χ2n) is 4.88. The van der Waals surface area contributed by atoms with Crippen molar-refractivity contribution in [2.45, 2.75) is 11.4 Å². The third-order valence-electron chi connectivity index (χ3n) is 3.33. The van der Waals surface area contributed by atoms with Gasteiger partial charge in [0.15, 0.2) is 4.90 Å². The smallest absolute Gasteiger partial charge is 0.263 e. The fraction of sp³-hybridized carbons (Fsp3) is 0.133. The Balaban J connectivity index is 1.72. The van der Waals surface area contributed by atoms with Crippen LogP contribution in [0.3, 0.4) is 0 Å². The number of benzene rings is 1. The van der Waals surface area contributed by atoms with E-state index in [1.165, 1.54) is 11.3 Å². The molecule has 0 bridgehead atoms. The number of amides is 1. The minimum Gasteiger partial charge on any atom is -0.612 e. The Morgan fingerprint density at radius 1 is 1.35 bits per heavy atom. The summed E-state index contributed by atoms with van der Waals surface area (Å²) in [4.78, 5) is 14.1. The van der Waals surface area contributed by atoms with Crippen LogP contribution in [0.2, 0.25) is 0 Å². The van der Waals surface area contributed by atoms with Crippen molar-refractivity contribution >= 4 is 44.3 Å². The van der Waals surface area contributed by atoms with Crippen LogP contribution in [0, 0.1) is 0 Å². The van der Waals surface area contributed by atoms with Gasteiger partial charge < -0.3 is 15.6 Å². The molecule has 1 amide bonds. The molecule has 0 aliphatic rings. The van der Waals surface area contributed by atoms with Gasteiger partial charge in [0.05, 0.1) is 11.9 Å². The summed E-state index contributed by atoms with van der Waals surface area (Å²) in [6.07, 6.45) is 3.18. The minimum absolute atomic E-state index is 0.242. The zero-order chi connectivity index (χ0) is 16.4. The van der Waals surface area contributed by atoms with E-state index < -0.39 is 11.2 Å². The Bertz CT molecular complexity index is 846. The molecule has 2 aromatic heterocycles. The summed E-state index contributed by atoms with van der Waals surface area (Å²) < 4.78 is 11.3. The van der Waals surface area contributed by atoms with Gasteiger partial charge in [0, 0.05) is 11.9 Å². The maximum absolute atomic E-state index is 12.3. The number of nitrogens with two attached hydrogens (primary N) is 1. The Morgan fingerprint density at radius 3 is 2.74 bits per heavy atom. The zero-order valence-corrected chi connectivity index (χ0v) is 13.9. The summed E-state index contributed by atoms with van der Waals surface area (Å²) in [5.74, 6) is -0.242. The molecule has 1 atom stereocenters. The van der Waals surface area contributed by atoms with E-state index in [0.717, 1.165) is 15.8 Å². The predicted octanol–water partition coefficient (Wildman–Crippen LogP) is 1.94. The van der Waals surface area contributed by atoms with Crippen LogP contribution in [-0.2, 0) is 17.7 Å². The van der Waals surface area contributed by atoms with Gasteiger partial charge in [0.25, 0.3) is 5.91 Å². The third-order valence-corrected chi connectivity index (χ3v) is 5.38. The van der Waals surface area contributed by atoms with E-state index in [4.69, 9.17) is 5.73 Å². The summed E-state index contributed by atoms with van der Waals surface area (Å²) in [5, 5.41) is 11.3. The van der Waals surface area contributed by atoms with Crippen molar-refractivity contribution in [3.63, 3.8) is 0 Å². The van der Waals surface area contributed by atoms with Crippen molar-refractivity contribution in [3.05, 3.63) is 47.0 Å². The molecule has 0 aliphatic heterocycles. The molecule has 2 heterocycles. The molecular formula is C15H14N4O2S2. The van der Waals surface area contributed by atoms with E-state index in [-0.39, 0.29) is 5.91 Å². The topological polar surface area (TPSA) is 104 Å². The number of anilines is 1. The van der Waals surface area contributed by atoms with E-state index in [1.807, 2.05) is 12.1 Å².